The average Bonchev–Trinajstić information content (AvgIpc) is 2.97. The molecule has 0 saturated heterocycles. The van der Waals surface area contributed by atoms with Gasteiger partial charge in [0.2, 0.25) is 9.84 Å². The normalized spacial score (nSPS) is 16.4. The van der Waals surface area contributed by atoms with Gasteiger partial charge in [0.1, 0.15) is 17.5 Å². The average molecular weight is 408 g/mol. The molecule has 0 radical (unpaired) electrons. The van der Waals surface area contributed by atoms with Crippen LogP contribution in [0.2, 0.25) is 5.02 Å². The van der Waals surface area contributed by atoms with Crippen LogP contribution >= 0.6 is 11.6 Å². The summed E-state index contributed by atoms with van der Waals surface area (Å²) in [4.78, 5) is -0.344. The molecule has 3 heterocycles. The largest absolute Gasteiger partial charge is 0.711 e. The van der Waals surface area contributed by atoms with Crippen molar-refractivity contribution in [1.29, 1.82) is 0 Å². The van der Waals surface area contributed by atoms with Crippen molar-refractivity contribution >= 4 is 38.2 Å². The number of nitrogens with one attached hydrogen (secondary N) is 1. The predicted octanol–water partition coefficient (Wildman–Crippen LogP) is 2.52. The van der Waals surface area contributed by atoms with E-state index >= 15 is 0 Å². The van der Waals surface area contributed by atoms with Crippen molar-refractivity contribution in [1.82, 2.24) is 5.32 Å². The van der Waals surface area contributed by atoms with Gasteiger partial charge in [-0.3, -0.25) is 5.73 Å². The molecule has 2 aromatic heterocycles. The number of hydrogen-bond donors (Lipinski definition) is 2. The lowest BCUT2D eigenvalue weighted by Gasteiger charge is -2.29. The van der Waals surface area contributed by atoms with Crippen molar-refractivity contribution in [2.24, 2.45) is 0 Å². The molecule has 142 valence electrons. The number of sulfone groups is 1. The summed E-state index contributed by atoms with van der Waals surface area (Å²) in [6.07, 6.45) is 1.81. The van der Waals surface area contributed by atoms with Crippen molar-refractivity contribution in [2.75, 3.05) is 12.3 Å². The Labute approximate surface area is 161 Å². The maximum Gasteiger partial charge on any atom is 0.294 e. The minimum absolute atomic E-state index is 0.0131. The van der Waals surface area contributed by atoms with Crippen LogP contribution in [0.1, 0.15) is 25.2 Å². The van der Waals surface area contributed by atoms with Crippen LogP contribution in [0.25, 0.3) is 11.0 Å². The highest BCUT2D eigenvalue weighted by Crippen LogP contribution is 2.37. The van der Waals surface area contributed by atoms with Crippen molar-refractivity contribution in [2.45, 2.75) is 35.6 Å². The number of aromatic nitrogens is 1. The number of rotatable bonds is 2. The summed E-state index contributed by atoms with van der Waals surface area (Å²) in [5, 5.41) is 16.0. The van der Waals surface area contributed by atoms with E-state index < -0.39 is 15.7 Å². The van der Waals surface area contributed by atoms with E-state index in [0.717, 1.165) is 35.9 Å². The molecular weight excluding hydrogens is 390 g/mol. The monoisotopic (exact) mass is 407 g/mol. The third-order valence-electron chi connectivity index (χ3n) is 4.87. The van der Waals surface area contributed by atoms with Crippen molar-refractivity contribution in [3.05, 3.63) is 52.0 Å². The fraction of sp³-hybridized carbons (Fsp3) is 0.278. The molecule has 0 amide bonds. The van der Waals surface area contributed by atoms with Gasteiger partial charge in [-0.15, -0.1) is 0 Å². The summed E-state index contributed by atoms with van der Waals surface area (Å²) in [5.41, 5.74) is 6.91. The topological polar surface area (TPSA) is 112 Å². The maximum atomic E-state index is 13.0. The maximum absolute atomic E-state index is 13.0. The fourth-order valence-electron chi connectivity index (χ4n) is 3.50. The van der Waals surface area contributed by atoms with Gasteiger partial charge < -0.3 is 14.9 Å². The number of benzene rings is 1. The lowest BCUT2D eigenvalue weighted by molar-refractivity contribution is -0.591. The molecule has 0 aliphatic carbocycles. The lowest BCUT2D eigenvalue weighted by Crippen LogP contribution is -2.41. The molecule has 9 heteroatoms. The van der Waals surface area contributed by atoms with E-state index in [-0.39, 0.29) is 25.1 Å². The summed E-state index contributed by atoms with van der Waals surface area (Å²) < 4.78 is 32.3. The Balaban J connectivity index is 1.90. The number of fused-ring (bicyclic) bond motifs is 3. The molecule has 7 nitrogen and oxygen atoms in total. The third-order valence-corrected chi connectivity index (χ3v) is 6.86. The first-order valence-electron chi connectivity index (χ1n) is 8.35. The summed E-state index contributed by atoms with van der Waals surface area (Å²) in [6, 6.07) is 5.87. The van der Waals surface area contributed by atoms with Crippen LogP contribution in [-0.4, -0.2) is 15.0 Å². The van der Waals surface area contributed by atoms with Gasteiger partial charge in [0.15, 0.2) is 4.90 Å². The van der Waals surface area contributed by atoms with Crippen LogP contribution in [0.15, 0.2) is 44.7 Å². The second-order valence-electron chi connectivity index (χ2n) is 7.11. The molecule has 27 heavy (non-hydrogen) atoms. The Kier molecular flexibility index (Phi) is 3.92. The van der Waals surface area contributed by atoms with E-state index in [9.17, 15) is 13.6 Å². The molecular formula is C18H18ClN3O4S. The van der Waals surface area contributed by atoms with Gasteiger partial charge in [-0.25, -0.2) is 13.1 Å². The number of pyridine rings is 1. The van der Waals surface area contributed by atoms with E-state index in [1.165, 1.54) is 18.2 Å². The molecule has 0 unspecified atom stereocenters. The second-order valence-corrected chi connectivity index (χ2v) is 9.46. The first kappa shape index (κ1) is 18.1. The standard InChI is InChI=1S/C18H18ClN3O4S/c1-18(2)16-13(5-6-21-18)12-4-3-11(8-14(12)26-16)27(24,25)15-7-10(19)9-22(23)17(15)20/h3-4,7-9,21H,5-6,20H2,1-2H3. The predicted molar refractivity (Wildman–Crippen MR) is 101 cm³/mol. The first-order valence-corrected chi connectivity index (χ1v) is 10.2. The molecule has 1 aliphatic heterocycles. The number of nitrogens with zero attached hydrogens (tertiary/aromatic N) is 1. The van der Waals surface area contributed by atoms with Crippen LogP contribution in [-0.2, 0) is 21.8 Å². The summed E-state index contributed by atoms with van der Waals surface area (Å²) in [5.74, 6) is 0.376. The Morgan fingerprint density at radius 1 is 1.33 bits per heavy atom. The van der Waals surface area contributed by atoms with Crippen LogP contribution in [0, 0.1) is 5.21 Å². The van der Waals surface area contributed by atoms with E-state index in [1.54, 1.807) is 6.07 Å². The Bertz CT molecular complexity index is 1190. The van der Waals surface area contributed by atoms with Gasteiger partial charge in [0.25, 0.3) is 5.82 Å². The minimum atomic E-state index is -4.04. The molecule has 0 bridgehead atoms. The van der Waals surface area contributed by atoms with Crippen LogP contribution in [0.4, 0.5) is 5.82 Å². The van der Waals surface area contributed by atoms with E-state index in [1.807, 2.05) is 13.8 Å². The number of hydrogen-bond acceptors (Lipinski definition) is 6. The van der Waals surface area contributed by atoms with E-state index in [2.05, 4.69) is 5.32 Å². The quantitative estimate of drug-likeness (QED) is 0.498. The van der Waals surface area contributed by atoms with Crippen molar-refractivity contribution in [3.63, 3.8) is 0 Å². The van der Waals surface area contributed by atoms with E-state index in [0.29, 0.717) is 5.58 Å². The summed E-state index contributed by atoms with van der Waals surface area (Å²) in [7, 11) is -4.04. The number of anilines is 1. The van der Waals surface area contributed by atoms with Crippen molar-refractivity contribution < 1.29 is 17.6 Å². The Morgan fingerprint density at radius 2 is 2.07 bits per heavy atom. The number of nitrogens with two attached hydrogens (primary N) is 1. The minimum Gasteiger partial charge on any atom is -0.711 e. The Hall–Kier alpha value is -2.29. The lowest BCUT2D eigenvalue weighted by atomic mass is 9.91. The highest BCUT2D eigenvalue weighted by atomic mass is 35.5. The number of halogens is 1. The molecule has 0 atom stereocenters. The van der Waals surface area contributed by atoms with Gasteiger partial charge >= 0.3 is 0 Å². The van der Waals surface area contributed by atoms with Crippen LogP contribution in [0.3, 0.4) is 0 Å². The molecule has 0 spiro atoms. The third kappa shape index (κ3) is 2.75. The first-order chi connectivity index (χ1) is 12.6. The summed E-state index contributed by atoms with van der Waals surface area (Å²) >= 11 is 5.84. The molecule has 1 aromatic carbocycles. The highest BCUT2D eigenvalue weighted by molar-refractivity contribution is 7.91. The Morgan fingerprint density at radius 3 is 2.81 bits per heavy atom. The second kappa shape index (κ2) is 5.85. The smallest absolute Gasteiger partial charge is 0.294 e. The molecule has 3 N–H and O–H groups in total. The van der Waals surface area contributed by atoms with Gasteiger partial charge in [-0.05, 0) is 38.5 Å². The van der Waals surface area contributed by atoms with Gasteiger partial charge in [-0.2, -0.15) is 0 Å². The number of furan rings is 1. The molecule has 4 rings (SSSR count). The fourth-order valence-corrected chi connectivity index (χ4v) is 5.17. The zero-order valence-electron chi connectivity index (χ0n) is 14.7. The molecule has 3 aromatic rings. The van der Waals surface area contributed by atoms with Gasteiger partial charge in [-0.1, -0.05) is 11.6 Å². The summed E-state index contributed by atoms with van der Waals surface area (Å²) in [6.45, 7) is 4.85. The highest BCUT2D eigenvalue weighted by Gasteiger charge is 2.33. The SMILES string of the molecule is CC1(C)NCCc2c1oc1cc(S(=O)(=O)c3cc(Cl)c[n+]([O-])c3N)ccc21. The van der Waals surface area contributed by atoms with Gasteiger partial charge in [0.05, 0.1) is 15.5 Å². The van der Waals surface area contributed by atoms with Crippen LogP contribution in [0.5, 0.6) is 0 Å². The molecule has 0 fully saturated rings. The van der Waals surface area contributed by atoms with Crippen LogP contribution < -0.4 is 15.8 Å². The van der Waals surface area contributed by atoms with Crippen molar-refractivity contribution in [3.8, 4) is 0 Å². The zero-order chi connectivity index (χ0) is 19.6. The van der Waals surface area contributed by atoms with Gasteiger partial charge in [0, 0.05) is 23.6 Å². The van der Waals surface area contributed by atoms with E-state index in [4.69, 9.17) is 21.8 Å². The zero-order valence-corrected chi connectivity index (χ0v) is 16.3. The molecule has 0 saturated carbocycles. The number of nitrogen functional groups attached to an aromatic ring is 1. The molecule has 1 aliphatic rings.